The van der Waals surface area contributed by atoms with Gasteiger partial charge in [0.05, 0.1) is 22.8 Å². The molecule has 3 rings (SSSR count). The fourth-order valence-corrected chi connectivity index (χ4v) is 3.18. The molecule has 1 aromatic carbocycles. The second-order valence-electron chi connectivity index (χ2n) is 6.38. The van der Waals surface area contributed by atoms with E-state index in [0.29, 0.717) is 66.0 Å². The molecule has 10 heteroatoms. The average Bonchev–Trinajstić information content (AvgIpc) is 3.10. The number of carbonyl (C=O) groups excluding carboxylic acids is 1. The van der Waals surface area contributed by atoms with Crippen LogP contribution in [0, 0.1) is 0 Å². The van der Waals surface area contributed by atoms with E-state index in [1.54, 1.807) is 29.9 Å². The molecule has 0 bridgehead atoms. The van der Waals surface area contributed by atoms with Crippen molar-refractivity contribution in [1.29, 1.82) is 0 Å². The number of aromatic nitrogens is 4. The number of H-pyrrole nitrogens is 1. The van der Waals surface area contributed by atoms with Crippen LogP contribution in [0.4, 0.5) is 5.95 Å². The maximum absolute atomic E-state index is 12.5. The lowest BCUT2D eigenvalue weighted by Gasteiger charge is -2.07. The average molecular weight is 438 g/mol. The molecule has 0 unspecified atom stereocenters. The summed E-state index contributed by atoms with van der Waals surface area (Å²) < 4.78 is 6.51. The summed E-state index contributed by atoms with van der Waals surface area (Å²) in [5, 5.41) is 8.27. The second kappa shape index (κ2) is 9.76. The maximum Gasteiger partial charge on any atom is 0.305 e. The van der Waals surface area contributed by atoms with Crippen LogP contribution >= 0.6 is 23.2 Å². The first-order valence-electron chi connectivity index (χ1n) is 9.27. The Morgan fingerprint density at radius 3 is 2.86 bits per heavy atom. The quantitative estimate of drug-likeness (QED) is 0.390. The summed E-state index contributed by atoms with van der Waals surface area (Å²) >= 11 is 11.9. The number of fused-ring (bicyclic) bond motifs is 1. The normalized spacial score (nSPS) is 11.0. The van der Waals surface area contributed by atoms with Crippen molar-refractivity contribution in [2.75, 3.05) is 11.9 Å². The van der Waals surface area contributed by atoms with Crippen molar-refractivity contribution in [3.8, 4) is 0 Å². The SMILES string of the molecule is CCOC(=O)CCCCn1ncc2nc(NCc3ccc(Cl)c(Cl)c3)[nH]c(=O)c21. The van der Waals surface area contributed by atoms with Gasteiger partial charge in [0.25, 0.3) is 5.56 Å². The number of ether oxygens (including phenoxy) is 1. The Morgan fingerprint density at radius 1 is 1.28 bits per heavy atom. The Morgan fingerprint density at radius 2 is 2.10 bits per heavy atom. The molecule has 0 saturated heterocycles. The Labute approximate surface area is 177 Å². The van der Waals surface area contributed by atoms with Crippen LogP contribution in [0.2, 0.25) is 10.0 Å². The maximum atomic E-state index is 12.5. The molecule has 154 valence electrons. The van der Waals surface area contributed by atoms with Gasteiger partial charge in [0.1, 0.15) is 5.52 Å². The van der Waals surface area contributed by atoms with E-state index in [-0.39, 0.29) is 11.5 Å². The van der Waals surface area contributed by atoms with Crippen LogP contribution in [0.5, 0.6) is 0 Å². The number of aryl methyl sites for hydroxylation is 1. The van der Waals surface area contributed by atoms with Gasteiger partial charge in [-0.05, 0) is 37.5 Å². The number of unbranched alkanes of at least 4 members (excludes halogenated alkanes) is 1. The van der Waals surface area contributed by atoms with Crippen molar-refractivity contribution in [2.24, 2.45) is 0 Å². The molecule has 0 saturated carbocycles. The molecule has 0 aliphatic rings. The summed E-state index contributed by atoms with van der Waals surface area (Å²) in [7, 11) is 0. The number of benzene rings is 1. The van der Waals surface area contributed by atoms with Crippen molar-refractivity contribution in [2.45, 2.75) is 39.3 Å². The summed E-state index contributed by atoms with van der Waals surface area (Å²) in [6.07, 6.45) is 3.27. The Bertz CT molecular complexity index is 1060. The minimum Gasteiger partial charge on any atom is -0.466 e. The van der Waals surface area contributed by atoms with E-state index in [4.69, 9.17) is 27.9 Å². The third-order valence-corrected chi connectivity index (χ3v) is 4.99. The molecule has 29 heavy (non-hydrogen) atoms. The highest BCUT2D eigenvalue weighted by Crippen LogP contribution is 2.22. The molecule has 0 aliphatic heterocycles. The molecule has 2 aromatic heterocycles. The lowest BCUT2D eigenvalue weighted by molar-refractivity contribution is -0.143. The van der Waals surface area contributed by atoms with E-state index in [0.717, 1.165) is 5.56 Å². The number of esters is 1. The minimum absolute atomic E-state index is 0.213. The standard InChI is InChI=1S/C19H21Cl2N5O3/c1-2-29-16(27)5-3-4-8-26-17-15(11-23-26)24-19(25-18(17)28)22-10-12-6-7-13(20)14(21)9-12/h6-7,9,11H,2-5,8,10H2,1H3,(H2,22,24,25,28). The summed E-state index contributed by atoms with van der Waals surface area (Å²) in [6, 6.07) is 5.31. The van der Waals surface area contributed by atoms with Gasteiger partial charge in [-0.25, -0.2) is 4.98 Å². The van der Waals surface area contributed by atoms with Crippen LogP contribution in [0.15, 0.2) is 29.2 Å². The van der Waals surface area contributed by atoms with Gasteiger partial charge in [0.2, 0.25) is 5.95 Å². The molecule has 0 atom stereocenters. The van der Waals surface area contributed by atoms with Crippen LogP contribution in [0.3, 0.4) is 0 Å². The Balaban J connectivity index is 1.63. The van der Waals surface area contributed by atoms with Gasteiger partial charge in [0, 0.05) is 19.5 Å². The number of halogens is 2. The van der Waals surface area contributed by atoms with Crippen molar-refractivity contribution in [3.63, 3.8) is 0 Å². The van der Waals surface area contributed by atoms with E-state index in [2.05, 4.69) is 20.4 Å². The zero-order valence-electron chi connectivity index (χ0n) is 15.9. The van der Waals surface area contributed by atoms with E-state index in [9.17, 15) is 9.59 Å². The number of anilines is 1. The second-order valence-corrected chi connectivity index (χ2v) is 7.19. The van der Waals surface area contributed by atoms with Crippen LogP contribution < -0.4 is 10.9 Å². The fraction of sp³-hybridized carbons (Fsp3) is 0.368. The van der Waals surface area contributed by atoms with E-state index < -0.39 is 0 Å². The van der Waals surface area contributed by atoms with Crippen molar-refractivity contribution >= 4 is 46.2 Å². The van der Waals surface area contributed by atoms with Gasteiger partial charge in [-0.1, -0.05) is 29.3 Å². The summed E-state index contributed by atoms with van der Waals surface area (Å²) in [5.41, 5.74) is 1.52. The summed E-state index contributed by atoms with van der Waals surface area (Å²) in [4.78, 5) is 31.0. The number of nitrogens with zero attached hydrogens (tertiary/aromatic N) is 3. The number of hydrogen-bond donors (Lipinski definition) is 2. The fourth-order valence-electron chi connectivity index (χ4n) is 2.86. The molecule has 0 amide bonds. The monoisotopic (exact) mass is 437 g/mol. The number of hydrogen-bond acceptors (Lipinski definition) is 6. The van der Waals surface area contributed by atoms with Gasteiger partial charge >= 0.3 is 5.97 Å². The third kappa shape index (κ3) is 5.48. The lowest BCUT2D eigenvalue weighted by Crippen LogP contribution is -2.16. The van der Waals surface area contributed by atoms with Crippen LogP contribution in [-0.4, -0.2) is 32.3 Å². The smallest absolute Gasteiger partial charge is 0.305 e. The number of carbonyl (C=O) groups is 1. The van der Waals surface area contributed by atoms with Gasteiger partial charge in [-0.3, -0.25) is 19.3 Å². The third-order valence-electron chi connectivity index (χ3n) is 4.25. The molecular formula is C19H21Cl2N5O3. The number of aromatic amines is 1. The minimum atomic E-state index is -0.283. The highest BCUT2D eigenvalue weighted by atomic mass is 35.5. The van der Waals surface area contributed by atoms with Gasteiger partial charge in [0.15, 0.2) is 5.52 Å². The molecule has 0 fully saturated rings. The predicted molar refractivity (Wildman–Crippen MR) is 112 cm³/mol. The largest absolute Gasteiger partial charge is 0.466 e. The molecule has 8 nitrogen and oxygen atoms in total. The van der Waals surface area contributed by atoms with Gasteiger partial charge < -0.3 is 10.1 Å². The van der Waals surface area contributed by atoms with Crippen molar-refractivity contribution in [3.05, 3.63) is 50.4 Å². The molecule has 3 aromatic rings. The topological polar surface area (TPSA) is 102 Å². The molecule has 2 N–H and O–H groups in total. The molecule has 0 aliphatic carbocycles. The first kappa shape index (κ1) is 21.1. The van der Waals surface area contributed by atoms with Crippen LogP contribution in [0.25, 0.3) is 11.0 Å². The summed E-state index contributed by atoms with van der Waals surface area (Å²) in [5.74, 6) is 0.130. The first-order valence-corrected chi connectivity index (χ1v) is 10.0. The molecule has 0 radical (unpaired) electrons. The van der Waals surface area contributed by atoms with E-state index >= 15 is 0 Å². The van der Waals surface area contributed by atoms with Crippen LogP contribution in [0.1, 0.15) is 31.7 Å². The van der Waals surface area contributed by atoms with Crippen molar-refractivity contribution < 1.29 is 9.53 Å². The molecular weight excluding hydrogens is 417 g/mol. The van der Waals surface area contributed by atoms with Gasteiger partial charge in [-0.15, -0.1) is 0 Å². The van der Waals surface area contributed by atoms with E-state index in [1.807, 2.05) is 6.07 Å². The highest BCUT2D eigenvalue weighted by Gasteiger charge is 2.11. The zero-order chi connectivity index (χ0) is 20.8. The number of rotatable bonds is 9. The van der Waals surface area contributed by atoms with Crippen molar-refractivity contribution in [1.82, 2.24) is 19.7 Å². The number of nitrogens with one attached hydrogen (secondary N) is 2. The molecule has 0 spiro atoms. The zero-order valence-corrected chi connectivity index (χ0v) is 17.4. The Kier molecular flexibility index (Phi) is 7.11. The first-order chi connectivity index (χ1) is 14.0. The van der Waals surface area contributed by atoms with Gasteiger partial charge in [-0.2, -0.15) is 5.10 Å². The lowest BCUT2D eigenvalue weighted by atomic mass is 10.2. The Hall–Kier alpha value is -2.58. The van der Waals surface area contributed by atoms with E-state index in [1.165, 1.54) is 0 Å². The highest BCUT2D eigenvalue weighted by molar-refractivity contribution is 6.42. The summed E-state index contributed by atoms with van der Waals surface area (Å²) in [6.45, 7) is 3.10. The van der Waals surface area contributed by atoms with Crippen LogP contribution in [-0.2, 0) is 22.6 Å². The molecule has 2 heterocycles. The predicted octanol–water partition coefficient (Wildman–Crippen LogP) is 3.77.